The topological polar surface area (TPSA) is 101 Å². The van der Waals surface area contributed by atoms with E-state index in [0.717, 1.165) is 6.42 Å². The molecule has 8 nitrogen and oxygen atoms in total. The number of aliphatic hydroxyl groups is 1. The SMILES string of the molecule is COc1ccc(C(=O)N2CC[C@H](O)[C@@]3(CCCNC3=O)C2)c(OC)n1. The quantitative estimate of drug-likeness (QED) is 0.809. The highest BCUT2D eigenvalue weighted by molar-refractivity contribution is 5.97. The van der Waals surface area contributed by atoms with Crippen molar-refractivity contribution in [2.75, 3.05) is 33.9 Å². The summed E-state index contributed by atoms with van der Waals surface area (Å²) in [4.78, 5) is 31.1. The van der Waals surface area contributed by atoms with Crippen LogP contribution in [0.2, 0.25) is 0 Å². The molecule has 0 radical (unpaired) electrons. The normalized spacial score (nSPS) is 26.3. The Morgan fingerprint density at radius 3 is 2.88 bits per heavy atom. The van der Waals surface area contributed by atoms with Gasteiger partial charge < -0.3 is 24.8 Å². The van der Waals surface area contributed by atoms with Crippen LogP contribution < -0.4 is 14.8 Å². The monoisotopic (exact) mass is 349 g/mol. The second-order valence-electron chi connectivity index (χ2n) is 6.46. The number of hydrogen-bond acceptors (Lipinski definition) is 6. The van der Waals surface area contributed by atoms with Crippen LogP contribution in [0.3, 0.4) is 0 Å². The molecule has 2 fully saturated rings. The fourth-order valence-corrected chi connectivity index (χ4v) is 3.64. The molecule has 2 N–H and O–H groups in total. The van der Waals surface area contributed by atoms with Crippen LogP contribution in [0, 0.1) is 5.41 Å². The van der Waals surface area contributed by atoms with Crippen LogP contribution in [0.5, 0.6) is 11.8 Å². The van der Waals surface area contributed by atoms with E-state index in [4.69, 9.17) is 9.47 Å². The first-order chi connectivity index (χ1) is 12.0. The summed E-state index contributed by atoms with van der Waals surface area (Å²) in [5.41, 5.74) is -0.620. The number of rotatable bonds is 3. The van der Waals surface area contributed by atoms with Crippen molar-refractivity contribution < 1.29 is 24.2 Å². The highest BCUT2D eigenvalue weighted by Crippen LogP contribution is 2.38. The number of carbonyl (C=O) groups excluding carboxylic acids is 2. The van der Waals surface area contributed by atoms with E-state index in [2.05, 4.69) is 10.3 Å². The molecule has 2 aliphatic heterocycles. The number of aromatic nitrogens is 1. The third-order valence-electron chi connectivity index (χ3n) is 5.08. The van der Waals surface area contributed by atoms with Gasteiger partial charge in [-0.3, -0.25) is 9.59 Å². The summed E-state index contributed by atoms with van der Waals surface area (Å²) in [6.07, 6.45) is 0.984. The Bertz CT molecular complexity index is 680. The van der Waals surface area contributed by atoms with E-state index < -0.39 is 11.5 Å². The van der Waals surface area contributed by atoms with Crippen molar-refractivity contribution in [3.8, 4) is 11.8 Å². The molecule has 0 aromatic carbocycles. The summed E-state index contributed by atoms with van der Waals surface area (Å²) in [5.74, 6) is 0.0865. The van der Waals surface area contributed by atoms with Gasteiger partial charge in [0.25, 0.3) is 5.91 Å². The van der Waals surface area contributed by atoms with Crippen LogP contribution in [0.4, 0.5) is 0 Å². The molecule has 1 aromatic heterocycles. The molecule has 0 unspecified atom stereocenters. The van der Waals surface area contributed by atoms with Gasteiger partial charge in [-0.2, -0.15) is 4.98 Å². The molecule has 0 aliphatic carbocycles. The van der Waals surface area contributed by atoms with Gasteiger partial charge in [-0.15, -0.1) is 0 Å². The number of hydrogen-bond donors (Lipinski definition) is 2. The molecule has 2 amide bonds. The van der Waals surface area contributed by atoms with Crippen molar-refractivity contribution in [3.63, 3.8) is 0 Å². The van der Waals surface area contributed by atoms with E-state index in [1.54, 1.807) is 17.0 Å². The third-order valence-corrected chi connectivity index (χ3v) is 5.08. The lowest BCUT2D eigenvalue weighted by Gasteiger charge is -2.46. The number of nitrogens with zero attached hydrogens (tertiary/aromatic N) is 2. The average molecular weight is 349 g/mol. The van der Waals surface area contributed by atoms with Crippen LogP contribution in [0.1, 0.15) is 29.6 Å². The smallest absolute Gasteiger partial charge is 0.259 e. The minimum atomic E-state index is -0.931. The van der Waals surface area contributed by atoms with E-state index in [1.807, 2.05) is 0 Å². The number of methoxy groups -OCH3 is 2. The standard InChI is InChI=1S/C17H23N3O5/c1-24-13-5-4-11(14(19-13)25-2)15(22)20-9-6-12(21)17(10-20)7-3-8-18-16(17)23/h4-5,12,21H,3,6-10H2,1-2H3,(H,18,23)/t12-,17+/m0/s1. The predicted molar refractivity (Wildman–Crippen MR) is 88.5 cm³/mol. The summed E-state index contributed by atoms with van der Waals surface area (Å²) in [6, 6.07) is 3.20. The minimum absolute atomic E-state index is 0.177. The lowest BCUT2D eigenvalue weighted by Crippen LogP contribution is -2.62. The number of pyridine rings is 1. The highest BCUT2D eigenvalue weighted by Gasteiger charge is 2.50. The molecule has 0 bridgehead atoms. The lowest BCUT2D eigenvalue weighted by molar-refractivity contribution is -0.147. The number of carbonyl (C=O) groups is 2. The summed E-state index contributed by atoms with van der Waals surface area (Å²) in [5, 5.41) is 13.3. The molecular weight excluding hydrogens is 326 g/mol. The molecule has 3 heterocycles. The zero-order valence-corrected chi connectivity index (χ0v) is 14.4. The lowest BCUT2D eigenvalue weighted by atomic mass is 9.71. The van der Waals surface area contributed by atoms with E-state index in [-0.39, 0.29) is 24.2 Å². The first kappa shape index (κ1) is 17.5. The van der Waals surface area contributed by atoms with E-state index in [0.29, 0.717) is 37.4 Å². The van der Waals surface area contributed by atoms with Crippen LogP contribution in [0.25, 0.3) is 0 Å². The van der Waals surface area contributed by atoms with Gasteiger partial charge in [0.15, 0.2) is 0 Å². The summed E-state index contributed by atoms with van der Waals surface area (Å²) >= 11 is 0. The Morgan fingerprint density at radius 2 is 2.20 bits per heavy atom. The molecular formula is C17H23N3O5. The van der Waals surface area contributed by atoms with Crippen LogP contribution in [-0.2, 0) is 4.79 Å². The summed E-state index contributed by atoms with van der Waals surface area (Å²) in [7, 11) is 2.93. The molecule has 2 atom stereocenters. The van der Waals surface area contributed by atoms with Crippen molar-refractivity contribution in [2.24, 2.45) is 5.41 Å². The minimum Gasteiger partial charge on any atom is -0.481 e. The first-order valence-corrected chi connectivity index (χ1v) is 8.36. The van der Waals surface area contributed by atoms with Crippen molar-refractivity contribution in [1.29, 1.82) is 0 Å². The zero-order chi connectivity index (χ0) is 18.0. The maximum absolute atomic E-state index is 13.0. The first-order valence-electron chi connectivity index (χ1n) is 8.36. The Kier molecular flexibility index (Phi) is 4.80. The van der Waals surface area contributed by atoms with Gasteiger partial charge in [0.05, 0.1) is 25.7 Å². The van der Waals surface area contributed by atoms with Gasteiger partial charge in [-0.25, -0.2) is 0 Å². The second-order valence-corrected chi connectivity index (χ2v) is 6.46. The molecule has 3 rings (SSSR count). The van der Waals surface area contributed by atoms with Crippen LogP contribution >= 0.6 is 0 Å². The summed E-state index contributed by atoms with van der Waals surface area (Å²) in [6.45, 7) is 1.18. The fourth-order valence-electron chi connectivity index (χ4n) is 3.64. The number of aliphatic hydroxyl groups excluding tert-OH is 1. The van der Waals surface area contributed by atoms with E-state index in [1.165, 1.54) is 14.2 Å². The number of ether oxygens (including phenoxy) is 2. The predicted octanol–water partition coefficient (Wildman–Crippen LogP) is 0.202. The Hall–Kier alpha value is -2.35. The Balaban J connectivity index is 1.87. The number of likely N-dealkylation sites (tertiary alicyclic amines) is 1. The third kappa shape index (κ3) is 3.02. The highest BCUT2D eigenvalue weighted by atomic mass is 16.5. The second kappa shape index (κ2) is 6.87. The van der Waals surface area contributed by atoms with Gasteiger partial charge in [-0.1, -0.05) is 0 Å². The zero-order valence-electron chi connectivity index (χ0n) is 14.4. The van der Waals surface area contributed by atoms with Gasteiger partial charge in [0, 0.05) is 25.7 Å². The molecule has 25 heavy (non-hydrogen) atoms. The van der Waals surface area contributed by atoms with Crippen molar-refractivity contribution in [1.82, 2.24) is 15.2 Å². The van der Waals surface area contributed by atoms with Gasteiger partial charge in [0.1, 0.15) is 5.56 Å². The largest absolute Gasteiger partial charge is 0.481 e. The molecule has 2 saturated heterocycles. The molecule has 2 aliphatic rings. The fraction of sp³-hybridized carbons (Fsp3) is 0.588. The average Bonchev–Trinajstić information content (AvgIpc) is 2.65. The molecule has 1 aromatic rings. The van der Waals surface area contributed by atoms with Gasteiger partial charge >= 0.3 is 0 Å². The molecule has 0 saturated carbocycles. The molecule has 8 heteroatoms. The van der Waals surface area contributed by atoms with Gasteiger partial charge in [-0.05, 0) is 25.3 Å². The number of amides is 2. The summed E-state index contributed by atoms with van der Waals surface area (Å²) < 4.78 is 10.3. The number of piperidine rings is 2. The van der Waals surface area contributed by atoms with Crippen molar-refractivity contribution in [3.05, 3.63) is 17.7 Å². The van der Waals surface area contributed by atoms with Crippen molar-refractivity contribution in [2.45, 2.75) is 25.4 Å². The molecule has 136 valence electrons. The van der Waals surface area contributed by atoms with E-state index in [9.17, 15) is 14.7 Å². The maximum atomic E-state index is 13.0. The van der Waals surface area contributed by atoms with E-state index >= 15 is 0 Å². The van der Waals surface area contributed by atoms with Gasteiger partial charge in [0.2, 0.25) is 17.7 Å². The maximum Gasteiger partial charge on any atom is 0.259 e. The number of nitrogens with one attached hydrogen (secondary N) is 1. The van der Waals surface area contributed by atoms with Crippen LogP contribution in [-0.4, -0.2) is 66.8 Å². The Morgan fingerprint density at radius 1 is 1.40 bits per heavy atom. The Labute approximate surface area is 146 Å². The van der Waals surface area contributed by atoms with Crippen LogP contribution in [0.15, 0.2) is 12.1 Å². The van der Waals surface area contributed by atoms with Crippen molar-refractivity contribution >= 4 is 11.8 Å². The molecule has 1 spiro atoms.